The van der Waals surface area contributed by atoms with E-state index in [4.69, 9.17) is 17.0 Å². The van der Waals surface area contributed by atoms with Crippen LogP contribution in [0.15, 0.2) is 67.0 Å². The first-order valence-corrected chi connectivity index (χ1v) is 8.51. The zero-order valence-electron chi connectivity index (χ0n) is 14.0. The molecule has 0 bridgehead atoms. The van der Waals surface area contributed by atoms with Crippen LogP contribution in [0.3, 0.4) is 0 Å². The van der Waals surface area contributed by atoms with E-state index in [2.05, 4.69) is 27.9 Å². The van der Waals surface area contributed by atoms with Gasteiger partial charge in [0.2, 0.25) is 0 Å². The van der Waals surface area contributed by atoms with Gasteiger partial charge in [0.1, 0.15) is 5.75 Å². The van der Waals surface area contributed by atoms with Crippen molar-refractivity contribution in [2.45, 2.75) is 13.5 Å². The number of hydrogen-bond acceptors (Lipinski definition) is 3. The molecule has 0 saturated carbocycles. The quantitative estimate of drug-likeness (QED) is 0.653. The number of para-hydroxylation sites is 2. The Kier molecular flexibility index (Phi) is 5.64. The van der Waals surface area contributed by atoms with Crippen molar-refractivity contribution in [3.8, 4) is 5.75 Å². The molecule has 0 unspecified atom stereocenters. The summed E-state index contributed by atoms with van der Waals surface area (Å²) in [5.74, 6) is 0.772. The largest absolute Gasteiger partial charge is 0.492 e. The fraction of sp³-hybridized carbons (Fsp3) is 0.158. The maximum absolute atomic E-state index is 5.59. The number of nitrogens with zero attached hydrogens (tertiary/aromatic N) is 2. The van der Waals surface area contributed by atoms with Crippen LogP contribution in [0.1, 0.15) is 12.5 Å². The molecule has 0 aliphatic carbocycles. The number of thiocarbonyl (C=S) groups is 1. The Balaban J connectivity index is 1.60. The van der Waals surface area contributed by atoms with Crippen LogP contribution >= 0.6 is 12.2 Å². The van der Waals surface area contributed by atoms with Crippen LogP contribution in [0.2, 0.25) is 0 Å². The molecule has 1 aromatic heterocycles. The fourth-order valence-corrected chi connectivity index (χ4v) is 2.65. The van der Waals surface area contributed by atoms with Crippen LogP contribution in [0.4, 0.5) is 11.4 Å². The first kappa shape index (κ1) is 17.0. The molecule has 25 heavy (non-hydrogen) atoms. The maximum Gasteiger partial charge on any atom is 0.175 e. The number of nitrogens with one attached hydrogen (secondary N) is 2. The minimum absolute atomic E-state index is 0.492. The highest BCUT2D eigenvalue weighted by Gasteiger charge is 2.06. The zero-order chi connectivity index (χ0) is 17.5. The van der Waals surface area contributed by atoms with Gasteiger partial charge in [-0.1, -0.05) is 42.5 Å². The van der Waals surface area contributed by atoms with Gasteiger partial charge in [0, 0.05) is 6.20 Å². The van der Waals surface area contributed by atoms with Gasteiger partial charge in [-0.25, -0.2) is 0 Å². The summed E-state index contributed by atoms with van der Waals surface area (Å²) in [6, 6.07) is 17.9. The highest BCUT2D eigenvalue weighted by Crippen LogP contribution is 2.23. The molecule has 0 aliphatic heterocycles. The Morgan fingerprint density at radius 3 is 2.64 bits per heavy atom. The summed E-state index contributed by atoms with van der Waals surface area (Å²) in [7, 11) is 0. The minimum Gasteiger partial charge on any atom is -0.492 e. The van der Waals surface area contributed by atoms with Gasteiger partial charge in [0.25, 0.3) is 0 Å². The van der Waals surface area contributed by atoms with Crippen LogP contribution in [0.5, 0.6) is 5.75 Å². The van der Waals surface area contributed by atoms with Crippen molar-refractivity contribution < 1.29 is 4.74 Å². The Morgan fingerprint density at radius 2 is 1.84 bits per heavy atom. The second-order valence-electron chi connectivity index (χ2n) is 5.42. The number of hydrogen-bond donors (Lipinski definition) is 2. The summed E-state index contributed by atoms with van der Waals surface area (Å²) in [6.45, 7) is 3.27. The van der Waals surface area contributed by atoms with Crippen molar-refractivity contribution in [1.82, 2.24) is 9.78 Å². The third-order valence-corrected chi connectivity index (χ3v) is 3.72. The molecule has 0 radical (unpaired) electrons. The van der Waals surface area contributed by atoms with E-state index in [-0.39, 0.29) is 0 Å². The minimum atomic E-state index is 0.492. The molecule has 2 N–H and O–H groups in total. The zero-order valence-corrected chi connectivity index (χ0v) is 14.8. The maximum atomic E-state index is 5.59. The summed E-state index contributed by atoms with van der Waals surface area (Å²) < 4.78 is 7.46. The first-order valence-electron chi connectivity index (χ1n) is 8.11. The average molecular weight is 352 g/mol. The van der Waals surface area contributed by atoms with Gasteiger partial charge in [-0.2, -0.15) is 5.10 Å². The van der Waals surface area contributed by atoms with Crippen LogP contribution in [-0.4, -0.2) is 21.5 Å². The van der Waals surface area contributed by atoms with E-state index in [1.165, 1.54) is 5.56 Å². The van der Waals surface area contributed by atoms with Crippen LogP contribution < -0.4 is 15.4 Å². The van der Waals surface area contributed by atoms with Gasteiger partial charge in [-0.15, -0.1) is 0 Å². The molecule has 6 heteroatoms. The van der Waals surface area contributed by atoms with E-state index in [1.54, 1.807) is 6.20 Å². The molecule has 0 aliphatic rings. The summed E-state index contributed by atoms with van der Waals surface area (Å²) in [6.07, 6.45) is 3.68. The molecule has 1 heterocycles. The monoisotopic (exact) mass is 352 g/mol. The van der Waals surface area contributed by atoms with E-state index >= 15 is 0 Å². The van der Waals surface area contributed by atoms with Crippen molar-refractivity contribution in [3.05, 3.63) is 72.6 Å². The molecular formula is C19H20N4OS. The van der Waals surface area contributed by atoms with Crippen LogP contribution in [0, 0.1) is 0 Å². The molecule has 0 saturated heterocycles. The summed E-state index contributed by atoms with van der Waals surface area (Å²) >= 11 is 5.39. The lowest BCUT2D eigenvalue weighted by Crippen LogP contribution is -2.19. The molecule has 0 spiro atoms. The normalized spacial score (nSPS) is 10.3. The predicted molar refractivity (Wildman–Crippen MR) is 105 cm³/mol. The number of aromatic nitrogens is 2. The highest BCUT2D eigenvalue weighted by atomic mass is 32.1. The van der Waals surface area contributed by atoms with Crippen LogP contribution in [0.25, 0.3) is 0 Å². The van der Waals surface area contributed by atoms with E-state index in [1.807, 2.05) is 60.3 Å². The highest BCUT2D eigenvalue weighted by molar-refractivity contribution is 7.80. The molecule has 3 rings (SSSR count). The Labute approximate surface area is 152 Å². The van der Waals surface area contributed by atoms with Crippen molar-refractivity contribution in [2.24, 2.45) is 0 Å². The average Bonchev–Trinajstić information content (AvgIpc) is 3.04. The summed E-state index contributed by atoms with van der Waals surface area (Å²) in [5, 5.41) is 11.2. The SMILES string of the molecule is CCOc1ccccc1NC(=S)Nc1cnn(Cc2ccccc2)c1. The van der Waals surface area contributed by atoms with Gasteiger partial charge >= 0.3 is 0 Å². The lowest BCUT2D eigenvalue weighted by Gasteiger charge is -2.13. The number of benzene rings is 2. The van der Waals surface area contributed by atoms with Crippen molar-refractivity contribution in [3.63, 3.8) is 0 Å². The van der Waals surface area contributed by atoms with Gasteiger partial charge < -0.3 is 15.4 Å². The molecule has 0 fully saturated rings. The second kappa shape index (κ2) is 8.30. The van der Waals surface area contributed by atoms with Crippen molar-refractivity contribution in [1.29, 1.82) is 0 Å². The topological polar surface area (TPSA) is 51.1 Å². The van der Waals surface area contributed by atoms with Crippen molar-refractivity contribution in [2.75, 3.05) is 17.2 Å². The summed E-state index contributed by atoms with van der Waals surface area (Å²) in [5.41, 5.74) is 2.87. The van der Waals surface area contributed by atoms with E-state index in [9.17, 15) is 0 Å². The summed E-state index contributed by atoms with van der Waals surface area (Å²) in [4.78, 5) is 0. The third kappa shape index (κ3) is 4.81. The van der Waals surface area contributed by atoms with Gasteiger partial charge in [0.15, 0.2) is 5.11 Å². The standard InChI is InChI=1S/C19H20N4OS/c1-2-24-18-11-7-6-10-17(18)22-19(25)21-16-12-20-23(14-16)13-15-8-4-3-5-9-15/h3-12,14H,2,13H2,1H3,(H2,21,22,25). The fourth-order valence-electron chi connectivity index (χ4n) is 2.42. The molecule has 3 aromatic rings. The van der Waals surface area contributed by atoms with Crippen LogP contribution in [-0.2, 0) is 6.54 Å². The Hall–Kier alpha value is -2.86. The number of rotatable bonds is 6. The smallest absolute Gasteiger partial charge is 0.175 e. The van der Waals surface area contributed by atoms with E-state index in [0.717, 1.165) is 23.7 Å². The molecule has 0 atom stereocenters. The number of anilines is 2. The lowest BCUT2D eigenvalue weighted by molar-refractivity contribution is 0.342. The molecular weight excluding hydrogens is 332 g/mol. The first-order chi connectivity index (χ1) is 12.2. The molecule has 128 valence electrons. The van der Waals surface area contributed by atoms with Gasteiger partial charge in [0.05, 0.1) is 30.7 Å². The third-order valence-electron chi connectivity index (χ3n) is 3.51. The van der Waals surface area contributed by atoms with Crippen molar-refractivity contribution >= 4 is 28.7 Å². The second-order valence-corrected chi connectivity index (χ2v) is 5.83. The van der Waals surface area contributed by atoms with E-state index < -0.39 is 0 Å². The number of ether oxygens (including phenoxy) is 1. The lowest BCUT2D eigenvalue weighted by atomic mass is 10.2. The van der Waals surface area contributed by atoms with Gasteiger partial charge in [-0.05, 0) is 36.8 Å². The molecule has 5 nitrogen and oxygen atoms in total. The van der Waals surface area contributed by atoms with E-state index in [0.29, 0.717) is 11.7 Å². The Morgan fingerprint density at radius 1 is 1.08 bits per heavy atom. The molecule has 2 aromatic carbocycles. The predicted octanol–water partition coefficient (Wildman–Crippen LogP) is 4.14. The molecule has 0 amide bonds. The Bertz CT molecular complexity index is 832. The van der Waals surface area contributed by atoms with Gasteiger partial charge in [-0.3, -0.25) is 4.68 Å².